The van der Waals surface area contributed by atoms with Gasteiger partial charge in [0.25, 0.3) is 5.91 Å². The Hall–Kier alpha value is -3.35. The van der Waals surface area contributed by atoms with Crippen molar-refractivity contribution in [2.75, 3.05) is 6.61 Å². The lowest BCUT2D eigenvalue weighted by Gasteiger charge is -2.33. The maximum atomic E-state index is 12.6. The number of benzene rings is 1. The number of nitrogens with zero attached hydrogens (tertiary/aromatic N) is 1. The summed E-state index contributed by atoms with van der Waals surface area (Å²) in [6.07, 6.45) is 5.68. The van der Waals surface area contributed by atoms with Crippen LogP contribution in [0.15, 0.2) is 39.7 Å². The van der Waals surface area contributed by atoms with Gasteiger partial charge in [-0.25, -0.2) is 4.79 Å². The standard InChI is InChI=1S/C25H26N2O5/c1-25(2)10-9-18-19(32-25)12-20(22-16-7-5-8-17(16)24(29)31-23(18)22)30-14-21(28)27-13-15-6-3-4-11-26-15/h3-4,6,11-12H,5,7-10,13-14H2,1-2H3,(H,27,28). The van der Waals surface area contributed by atoms with E-state index in [9.17, 15) is 9.59 Å². The number of amides is 1. The number of nitrogens with one attached hydrogen (secondary N) is 1. The minimum Gasteiger partial charge on any atom is -0.487 e. The summed E-state index contributed by atoms with van der Waals surface area (Å²) in [5.41, 5.74) is 3.31. The predicted octanol–water partition coefficient (Wildman–Crippen LogP) is 3.48. The summed E-state index contributed by atoms with van der Waals surface area (Å²) in [6.45, 7) is 4.24. The monoisotopic (exact) mass is 434 g/mol. The number of carbonyl (C=O) groups excluding carboxylic acids is 1. The van der Waals surface area contributed by atoms with Crippen molar-refractivity contribution in [2.45, 2.75) is 58.1 Å². The molecule has 166 valence electrons. The summed E-state index contributed by atoms with van der Waals surface area (Å²) in [5, 5.41) is 3.63. The normalized spacial score (nSPS) is 16.2. The molecule has 5 rings (SSSR count). The number of hydrogen-bond donors (Lipinski definition) is 1. The number of ether oxygens (including phenoxy) is 2. The number of rotatable bonds is 5. The maximum absolute atomic E-state index is 12.6. The first kappa shape index (κ1) is 20.5. The van der Waals surface area contributed by atoms with E-state index in [1.807, 2.05) is 38.1 Å². The van der Waals surface area contributed by atoms with E-state index < -0.39 is 0 Å². The topological polar surface area (TPSA) is 90.7 Å². The number of carbonyl (C=O) groups is 1. The molecule has 1 aromatic carbocycles. The molecule has 2 aliphatic rings. The van der Waals surface area contributed by atoms with Gasteiger partial charge in [-0.1, -0.05) is 6.07 Å². The van der Waals surface area contributed by atoms with Gasteiger partial charge in [0.2, 0.25) is 0 Å². The number of aromatic nitrogens is 1. The molecule has 1 aliphatic carbocycles. The quantitative estimate of drug-likeness (QED) is 0.619. The third-order valence-corrected chi connectivity index (χ3v) is 6.18. The first-order chi connectivity index (χ1) is 15.4. The second kappa shape index (κ2) is 7.97. The Morgan fingerprint density at radius 3 is 2.84 bits per heavy atom. The molecule has 2 aromatic heterocycles. The SMILES string of the molecule is CC1(C)CCc2c(cc(OCC(=O)NCc3ccccn3)c3c4c(c(=O)oc23)CCC4)O1. The summed E-state index contributed by atoms with van der Waals surface area (Å²) in [4.78, 5) is 29.3. The number of aryl methyl sites for hydroxylation is 2. The number of pyridine rings is 1. The third-order valence-electron chi connectivity index (χ3n) is 6.18. The molecule has 32 heavy (non-hydrogen) atoms. The van der Waals surface area contributed by atoms with E-state index in [4.69, 9.17) is 13.9 Å². The minimum atomic E-state index is -0.324. The van der Waals surface area contributed by atoms with Crippen LogP contribution >= 0.6 is 0 Å². The molecule has 0 saturated carbocycles. The van der Waals surface area contributed by atoms with Crippen molar-refractivity contribution in [2.24, 2.45) is 0 Å². The van der Waals surface area contributed by atoms with Crippen LogP contribution in [0.2, 0.25) is 0 Å². The predicted molar refractivity (Wildman–Crippen MR) is 119 cm³/mol. The van der Waals surface area contributed by atoms with Crippen LogP contribution in [0.5, 0.6) is 11.5 Å². The zero-order valence-electron chi connectivity index (χ0n) is 18.3. The van der Waals surface area contributed by atoms with Crippen LogP contribution in [0.3, 0.4) is 0 Å². The van der Waals surface area contributed by atoms with E-state index in [1.54, 1.807) is 6.20 Å². The Kier molecular flexibility index (Phi) is 5.12. The van der Waals surface area contributed by atoms with Gasteiger partial charge in [-0.05, 0) is 63.6 Å². The smallest absolute Gasteiger partial charge is 0.339 e. The maximum Gasteiger partial charge on any atom is 0.339 e. The van der Waals surface area contributed by atoms with E-state index in [2.05, 4.69) is 10.3 Å². The molecule has 0 unspecified atom stereocenters. The van der Waals surface area contributed by atoms with Gasteiger partial charge in [-0.15, -0.1) is 0 Å². The third kappa shape index (κ3) is 3.83. The number of fused-ring (bicyclic) bond motifs is 5. The van der Waals surface area contributed by atoms with Gasteiger partial charge < -0.3 is 19.2 Å². The molecule has 1 amide bonds. The van der Waals surface area contributed by atoms with Crippen molar-refractivity contribution in [1.29, 1.82) is 0 Å². The van der Waals surface area contributed by atoms with Gasteiger partial charge >= 0.3 is 5.63 Å². The first-order valence-electron chi connectivity index (χ1n) is 11.0. The van der Waals surface area contributed by atoms with Crippen LogP contribution in [-0.2, 0) is 30.6 Å². The summed E-state index contributed by atoms with van der Waals surface area (Å²) in [5.74, 6) is 0.918. The molecule has 0 atom stereocenters. The highest BCUT2D eigenvalue weighted by molar-refractivity contribution is 5.93. The van der Waals surface area contributed by atoms with Crippen LogP contribution in [-0.4, -0.2) is 23.1 Å². The molecule has 0 fully saturated rings. The van der Waals surface area contributed by atoms with Crippen molar-refractivity contribution in [3.05, 3.63) is 63.3 Å². The van der Waals surface area contributed by atoms with Gasteiger partial charge in [0.15, 0.2) is 6.61 Å². The van der Waals surface area contributed by atoms with Crippen molar-refractivity contribution >= 4 is 16.9 Å². The van der Waals surface area contributed by atoms with E-state index in [-0.39, 0.29) is 23.7 Å². The lowest BCUT2D eigenvalue weighted by Crippen LogP contribution is -2.33. The van der Waals surface area contributed by atoms with Crippen molar-refractivity contribution in [3.8, 4) is 11.5 Å². The molecular formula is C25H26N2O5. The molecule has 7 heteroatoms. The highest BCUT2D eigenvalue weighted by Gasteiger charge is 2.32. The Labute approximate surface area is 185 Å². The lowest BCUT2D eigenvalue weighted by molar-refractivity contribution is -0.123. The molecule has 3 aromatic rings. The van der Waals surface area contributed by atoms with Crippen LogP contribution < -0.4 is 20.4 Å². The van der Waals surface area contributed by atoms with Gasteiger partial charge in [-0.3, -0.25) is 9.78 Å². The fourth-order valence-electron chi connectivity index (χ4n) is 4.55. The van der Waals surface area contributed by atoms with Gasteiger partial charge in [0.1, 0.15) is 22.7 Å². The second-order valence-corrected chi connectivity index (χ2v) is 9.00. The zero-order chi connectivity index (χ0) is 22.3. The molecule has 0 saturated heterocycles. The van der Waals surface area contributed by atoms with E-state index in [1.165, 1.54) is 0 Å². The summed E-state index contributed by atoms with van der Waals surface area (Å²) in [6, 6.07) is 7.40. The van der Waals surface area contributed by atoms with Crippen LogP contribution in [0.25, 0.3) is 11.0 Å². The summed E-state index contributed by atoms with van der Waals surface area (Å²) < 4.78 is 18.0. The van der Waals surface area contributed by atoms with Gasteiger partial charge in [0.05, 0.1) is 17.6 Å². The largest absolute Gasteiger partial charge is 0.487 e. The zero-order valence-corrected chi connectivity index (χ0v) is 18.3. The molecule has 1 N–H and O–H groups in total. The molecule has 3 heterocycles. The Bertz CT molecular complexity index is 1250. The van der Waals surface area contributed by atoms with Gasteiger partial charge in [0, 0.05) is 23.4 Å². The molecule has 0 spiro atoms. The van der Waals surface area contributed by atoms with Crippen LogP contribution in [0.1, 0.15) is 49.1 Å². The summed E-state index contributed by atoms with van der Waals surface area (Å²) in [7, 11) is 0. The Balaban J connectivity index is 1.47. The lowest BCUT2D eigenvalue weighted by atomic mass is 9.91. The van der Waals surface area contributed by atoms with Crippen molar-refractivity contribution < 1.29 is 18.7 Å². The average molecular weight is 434 g/mol. The Morgan fingerprint density at radius 1 is 1.19 bits per heavy atom. The fourth-order valence-corrected chi connectivity index (χ4v) is 4.55. The second-order valence-electron chi connectivity index (χ2n) is 9.00. The molecule has 0 radical (unpaired) electrons. The van der Waals surface area contributed by atoms with E-state index >= 15 is 0 Å². The van der Waals surface area contributed by atoms with E-state index in [0.29, 0.717) is 30.0 Å². The van der Waals surface area contributed by atoms with Crippen molar-refractivity contribution in [1.82, 2.24) is 10.3 Å². The van der Waals surface area contributed by atoms with Gasteiger partial charge in [-0.2, -0.15) is 0 Å². The highest BCUT2D eigenvalue weighted by atomic mass is 16.5. The van der Waals surface area contributed by atoms with Crippen LogP contribution in [0, 0.1) is 0 Å². The Morgan fingerprint density at radius 2 is 2.03 bits per heavy atom. The highest BCUT2D eigenvalue weighted by Crippen LogP contribution is 2.44. The number of hydrogen-bond acceptors (Lipinski definition) is 6. The molecule has 0 bridgehead atoms. The first-order valence-corrected chi connectivity index (χ1v) is 11.0. The molecule has 7 nitrogen and oxygen atoms in total. The molecular weight excluding hydrogens is 408 g/mol. The summed E-state index contributed by atoms with van der Waals surface area (Å²) >= 11 is 0. The minimum absolute atomic E-state index is 0.155. The average Bonchev–Trinajstić information content (AvgIpc) is 3.26. The fraction of sp³-hybridized carbons (Fsp3) is 0.400. The van der Waals surface area contributed by atoms with E-state index in [0.717, 1.165) is 53.5 Å². The molecule has 1 aliphatic heterocycles. The van der Waals surface area contributed by atoms with Crippen LogP contribution in [0.4, 0.5) is 0 Å². The van der Waals surface area contributed by atoms with Crippen molar-refractivity contribution in [3.63, 3.8) is 0 Å².